The van der Waals surface area contributed by atoms with Crippen LogP contribution in [0.25, 0.3) is 10.9 Å². The normalized spacial score (nSPS) is 10.4. The van der Waals surface area contributed by atoms with Crippen molar-refractivity contribution in [3.05, 3.63) is 76.1 Å². The first-order chi connectivity index (χ1) is 14.5. The number of hydrogen-bond donors (Lipinski definition) is 2. The molecule has 8 nitrogen and oxygen atoms in total. The molecule has 1 aromatic heterocycles. The summed E-state index contributed by atoms with van der Waals surface area (Å²) < 4.78 is 10.0. The molecule has 0 aliphatic heterocycles. The van der Waals surface area contributed by atoms with Gasteiger partial charge in [0.25, 0.3) is 5.91 Å². The van der Waals surface area contributed by atoms with Crippen LogP contribution in [0.2, 0.25) is 0 Å². The molecule has 0 radical (unpaired) electrons. The third-order valence-electron chi connectivity index (χ3n) is 4.13. The van der Waals surface area contributed by atoms with E-state index in [0.29, 0.717) is 28.8 Å². The van der Waals surface area contributed by atoms with Crippen LogP contribution in [-0.2, 0) is 14.3 Å². The number of rotatable bonds is 7. The molecule has 154 valence electrons. The molecule has 0 fully saturated rings. The fourth-order valence-electron chi connectivity index (χ4n) is 2.68. The average Bonchev–Trinajstić information content (AvgIpc) is 2.76. The van der Waals surface area contributed by atoms with Gasteiger partial charge in [-0.25, -0.2) is 9.59 Å². The molecule has 30 heavy (non-hydrogen) atoms. The van der Waals surface area contributed by atoms with Gasteiger partial charge in [0.05, 0.1) is 12.2 Å². The van der Waals surface area contributed by atoms with Crippen LogP contribution in [0.5, 0.6) is 0 Å². The standard InChI is InChI=1S/C22H20N2O6/c1-2-11-29-21(27)14-7-9-15(10-8-14)23-20(26)13-30-22(28)18-12-19(25)16-5-3-4-6-17(16)24-18/h3-10,12H,2,11,13H2,1H3,(H,23,26)(H,24,25). The minimum Gasteiger partial charge on any atom is -0.462 e. The van der Waals surface area contributed by atoms with E-state index in [2.05, 4.69) is 10.3 Å². The first-order valence-corrected chi connectivity index (χ1v) is 9.34. The third-order valence-corrected chi connectivity index (χ3v) is 4.13. The Balaban J connectivity index is 1.56. The predicted molar refractivity (Wildman–Crippen MR) is 110 cm³/mol. The molecule has 0 atom stereocenters. The van der Waals surface area contributed by atoms with E-state index in [0.717, 1.165) is 12.5 Å². The van der Waals surface area contributed by atoms with Gasteiger partial charge < -0.3 is 19.8 Å². The number of para-hydroxylation sites is 1. The lowest BCUT2D eigenvalue weighted by Gasteiger charge is -2.08. The van der Waals surface area contributed by atoms with E-state index in [1.807, 2.05) is 6.92 Å². The summed E-state index contributed by atoms with van der Waals surface area (Å²) in [4.78, 5) is 50.9. The first-order valence-electron chi connectivity index (χ1n) is 9.34. The molecule has 0 spiro atoms. The van der Waals surface area contributed by atoms with Gasteiger partial charge in [0.2, 0.25) is 0 Å². The molecular weight excluding hydrogens is 388 g/mol. The molecular formula is C22H20N2O6. The summed E-state index contributed by atoms with van der Waals surface area (Å²) in [7, 11) is 0. The van der Waals surface area contributed by atoms with Crippen molar-refractivity contribution in [2.75, 3.05) is 18.5 Å². The van der Waals surface area contributed by atoms with Crippen LogP contribution >= 0.6 is 0 Å². The van der Waals surface area contributed by atoms with Gasteiger partial charge in [-0.05, 0) is 42.8 Å². The van der Waals surface area contributed by atoms with Crippen LogP contribution < -0.4 is 10.7 Å². The summed E-state index contributed by atoms with van der Waals surface area (Å²) in [5, 5.41) is 3.01. The smallest absolute Gasteiger partial charge is 0.355 e. The fourth-order valence-corrected chi connectivity index (χ4v) is 2.68. The van der Waals surface area contributed by atoms with E-state index in [4.69, 9.17) is 9.47 Å². The van der Waals surface area contributed by atoms with Gasteiger partial charge in [0.1, 0.15) is 5.69 Å². The second-order valence-electron chi connectivity index (χ2n) is 6.43. The van der Waals surface area contributed by atoms with Gasteiger partial charge in [-0.3, -0.25) is 9.59 Å². The van der Waals surface area contributed by atoms with Gasteiger partial charge in [0.15, 0.2) is 12.0 Å². The second-order valence-corrected chi connectivity index (χ2v) is 6.43. The zero-order valence-electron chi connectivity index (χ0n) is 16.3. The van der Waals surface area contributed by atoms with Gasteiger partial charge in [-0.15, -0.1) is 0 Å². The third kappa shape index (κ3) is 5.11. The highest BCUT2D eigenvalue weighted by atomic mass is 16.5. The molecule has 8 heteroatoms. The largest absolute Gasteiger partial charge is 0.462 e. The molecule has 3 aromatic rings. The Morgan fingerprint density at radius 2 is 1.70 bits per heavy atom. The monoisotopic (exact) mass is 408 g/mol. The molecule has 3 rings (SSSR count). The van der Waals surface area contributed by atoms with Crippen molar-refractivity contribution < 1.29 is 23.9 Å². The number of ether oxygens (including phenoxy) is 2. The Kier molecular flexibility index (Phi) is 6.59. The number of anilines is 1. The Labute approximate surface area is 171 Å². The summed E-state index contributed by atoms with van der Waals surface area (Å²) in [5.41, 5.74) is 0.939. The number of carbonyl (C=O) groups is 3. The van der Waals surface area contributed by atoms with Crippen molar-refractivity contribution in [1.29, 1.82) is 0 Å². The van der Waals surface area contributed by atoms with Crippen molar-refractivity contribution in [3.8, 4) is 0 Å². The number of amides is 1. The summed E-state index contributed by atoms with van der Waals surface area (Å²) in [6, 6.07) is 14.0. The van der Waals surface area contributed by atoms with Crippen LogP contribution in [0, 0.1) is 0 Å². The highest BCUT2D eigenvalue weighted by molar-refractivity contribution is 5.96. The maximum Gasteiger partial charge on any atom is 0.355 e. The number of aromatic amines is 1. The number of carbonyl (C=O) groups excluding carboxylic acids is 3. The number of nitrogens with one attached hydrogen (secondary N) is 2. The molecule has 0 bridgehead atoms. The van der Waals surface area contributed by atoms with E-state index in [-0.39, 0.29) is 11.1 Å². The summed E-state index contributed by atoms with van der Waals surface area (Å²) in [5.74, 6) is -1.82. The molecule has 1 amide bonds. The van der Waals surface area contributed by atoms with Gasteiger partial charge in [-0.1, -0.05) is 19.1 Å². The maximum absolute atomic E-state index is 12.2. The van der Waals surface area contributed by atoms with Gasteiger partial charge in [-0.2, -0.15) is 0 Å². The number of benzene rings is 2. The highest BCUT2D eigenvalue weighted by Crippen LogP contribution is 2.11. The fraction of sp³-hybridized carbons (Fsp3) is 0.182. The minimum atomic E-state index is -0.818. The van der Waals surface area contributed by atoms with E-state index in [9.17, 15) is 19.2 Å². The summed E-state index contributed by atoms with van der Waals surface area (Å²) >= 11 is 0. The first kappa shape index (κ1) is 20.8. The molecule has 0 unspecified atom stereocenters. The average molecular weight is 408 g/mol. The quantitative estimate of drug-likeness (QED) is 0.581. The Hall–Kier alpha value is -3.94. The summed E-state index contributed by atoms with van der Waals surface area (Å²) in [6.07, 6.45) is 0.728. The van der Waals surface area contributed by atoms with Crippen LogP contribution in [-0.4, -0.2) is 36.0 Å². The van der Waals surface area contributed by atoms with Crippen LogP contribution in [0.4, 0.5) is 5.69 Å². The Morgan fingerprint density at radius 3 is 2.43 bits per heavy atom. The van der Waals surface area contributed by atoms with Crippen molar-refractivity contribution in [1.82, 2.24) is 4.98 Å². The molecule has 2 N–H and O–H groups in total. The van der Waals surface area contributed by atoms with E-state index in [1.54, 1.807) is 36.4 Å². The van der Waals surface area contributed by atoms with Crippen molar-refractivity contribution in [2.24, 2.45) is 0 Å². The minimum absolute atomic E-state index is 0.0403. The van der Waals surface area contributed by atoms with Crippen LogP contribution in [0.1, 0.15) is 34.2 Å². The van der Waals surface area contributed by atoms with Gasteiger partial charge >= 0.3 is 11.9 Å². The van der Waals surface area contributed by atoms with Crippen LogP contribution in [0.3, 0.4) is 0 Å². The molecule has 0 aliphatic rings. The topological polar surface area (TPSA) is 115 Å². The molecule has 0 saturated heterocycles. The number of pyridine rings is 1. The highest BCUT2D eigenvalue weighted by Gasteiger charge is 2.14. The number of H-pyrrole nitrogens is 1. The molecule has 0 saturated carbocycles. The van der Waals surface area contributed by atoms with Crippen molar-refractivity contribution >= 4 is 34.4 Å². The Bertz CT molecular complexity index is 1130. The van der Waals surface area contributed by atoms with Gasteiger partial charge in [0, 0.05) is 22.7 Å². The number of aromatic nitrogens is 1. The lowest BCUT2D eigenvalue weighted by Crippen LogP contribution is -2.22. The molecule has 0 aliphatic carbocycles. The van der Waals surface area contributed by atoms with Crippen molar-refractivity contribution in [3.63, 3.8) is 0 Å². The zero-order chi connectivity index (χ0) is 21.5. The van der Waals surface area contributed by atoms with E-state index in [1.165, 1.54) is 12.1 Å². The molecule has 2 aromatic carbocycles. The number of fused-ring (bicyclic) bond motifs is 1. The molecule has 1 heterocycles. The van der Waals surface area contributed by atoms with Crippen LogP contribution in [0.15, 0.2) is 59.4 Å². The summed E-state index contributed by atoms with van der Waals surface area (Å²) in [6.45, 7) is 1.70. The zero-order valence-corrected chi connectivity index (χ0v) is 16.3. The predicted octanol–water partition coefficient (Wildman–Crippen LogP) is 2.89. The lowest BCUT2D eigenvalue weighted by atomic mass is 10.2. The van der Waals surface area contributed by atoms with E-state index >= 15 is 0 Å². The number of esters is 2. The van der Waals surface area contributed by atoms with E-state index < -0.39 is 24.5 Å². The number of hydrogen-bond acceptors (Lipinski definition) is 6. The van der Waals surface area contributed by atoms with Crippen molar-refractivity contribution in [2.45, 2.75) is 13.3 Å². The SMILES string of the molecule is CCCOC(=O)c1ccc(NC(=O)COC(=O)c2cc(=O)c3ccccc3[nH]2)cc1. The maximum atomic E-state index is 12.2. The lowest BCUT2D eigenvalue weighted by molar-refractivity contribution is -0.119. The Morgan fingerprint density at radius 1 is 0.967 bits per heavy atom. The second kappa shape index (κ2) is 9.51.